The number of allylic oxidation sites excluding steroid dienone is 1. The van der Waals surface area contributed by atoms with Gasteiger partial charge in [0.1, 0.15) is 11.6 Å². The number of nitrogens with zero attached hydrogens (tertiary/aromatic N) is 2. The number of aromatic amines is 1. The number of benzene rings is 1. The summed E-state index contributed by atoms with van der Waals surface area (Å²) in [5, 5.41) is 19.3. The number of H-pyrrole nitrogens is 1. The molecule has 0 saturated heterocycles. The van der Waals surface area contributed by atoms with E-state index in [1.807, 2.05) is 7.05 Å². The topological polar surface area (TPSA) is 98.2 Å². The van der Waals surface area contributed by atoms with Gasteiger partial charge in [-0.25, -0.2) is 4.39 Å². The van der Waals surface area contributed by atoms with Crippen molar-refractivity contribution in [2.45, 2.75) is 52.0 Å². The molecule has 206 valence electrons. The molecule has 10 heteroatoms. The Balaban J connectivity index is 0.000000873. The molecule has 0 amide bonds. The zero-order valence-electron chi connectivity index (χ0n) is 22.6. The zero-order valence-corrected chi connectivity index (χ0v) is 24.2. The summed E-state index contributed by atoms with van der Waals surface area (Å²) >= 11 is 3.60. The Morgan fingerprint density at radius 3 is 2.65 bits per heavy atom. The summed E-state index contributed by atoms with van der Waals surface area (Å²) in [5.41, 5.74) is 2.79. The fraction of sp³-hybridized carbons (Fsp3) is 0.481. The molecule has 2 atom stereocenters. The standard InChI is InChI=1S/C22H28FN3O2S2.C3H8.C2H4O2/c1-14(27)7-20(11-28-4)26(3)15(2)29-13-22-25-19(12-30-22)10-18-8-16-5-6-17(23)9-21(16)24-18;1-3-2;1-2(3)4/h5-9,15,19,24,27H,1,10-13H2,2-4H3;3H2,1-2H3;1H3,(H,3,4)/b20-7-;;. The number of rotatable bonds is 10. The number of hydrogen-bond acceptors (Lipinski definition) is 7. The number of halogens is 1. The highest BCUT2D eigenvalue weighted by Crippen LogP contribution is 2.27. The fourth-order valence-corrected chi connectivity index (χ4v) is 5.46. The van der Waals surface area contributed by atoms with Crippen molar-refractivity contribution in [2.24, 2.45) is 4.99 Å². The van der Waals surface area contributed by atoms with Crippen LogP contribution in [0.1, 0.15) is 39.8 Å². The van der Waals surface area contributed by atoms with Gasteiger partial charge in [0, 0.05) is 62.0 Å². The number of carboxylic acids is 1. The number of methoxy groups -OCH3 is 1. The van der Waals surface area contributed by atoms with E-state index in [1.54, 1.807) is 42.8 Å². The molecule has 0 fully saturated rings. The molecule has 0 saturated carbocycles. The van der Waals surface area contributed by atoms with Crippen LogP contribution in [0, 0.1) is 5.82 Å². The molecule has 0 bridgehead atoms. The number of nitrogens with one attached hydrogen (secondary N) is 1. The molecule has 2 aromatic rings. The van der Waals surface area contributed by atoms with Gasteiger partial charge < -0.3 is 24.8 Å². The molecular formula is C27H40FN3O4S2. The molecule has 7 nitrogen and oxygen atoms in total. The van der Waals surface area contributed by atoms with Crippen molar-refractivity contribution in [1.29, 1.82) is 0 Å². The number of carbonyl (C=O) groups is 1. The average Bonchev–Trinajstić information content (AvgIpc) is 3.42. The van der Waals surface area contributed by atoms with Crippen molar-refractivity contribution in [1.82, 2.24) is 9.88 Å². The van der Waals surface area contributed by atoms with Crippen LogP contribution >= 0.6 is 23.5 Å². The third-order valence-electron chi connectivity index (χ3n) is 4.94. The van der Waals surface area contributed by atoms with Crippen LogP contribution in [-0.4, -0.2) is 74.8 Å². The molecule has 1 aromatic heterocycles. The van der Waals surface area contributed by atoms with Crippen LogP contribution in [0.5, 0.6) is 0 Å². The van der Waals surface area contributed by atoms with E-state index in [9.17, 15) is 9.50 Å². The summed E-state index contributed by atoms with van der Waals surface area (Å²) in [4.78, 5) is 19.3. The van der Waals surface area contributed by atoms with Crippen molar-refractivity contribution >= 4 is 45.4 Å². The Kier molecular flexibility index (Phi) is 15.1. The van der Waals surface area contributed by atoms with E-state index in [-0.39, 0.29) is 23.0 Å². The third-order valence-corrected chi connectivity index (χ3v) is 7.49. The van der Waals surface area contributed by atoms with E-state index in [0.717, 1.165) is 52.2 Å². The number of hydrogen-bond donors (Lipinski definition) is 3. The number of aliphatic carboxylic acids is 1. The van der Waals surface area contributed by atoms with Crippen LogP contribution in [0.25, 0.3) is 10.9 Å². The summed E-state index contributed by atoms with van der Waals surface area (Å²) in [6.07, 6.45) is 3.71. The lowest BCUT2D eigenvalue weighted by Crippen LogP contribution is -2.28. The van der Waals surface area contributed by atoms with E-state index in [4.69, 9.17) is 19.6 Å². The number of fused-ring (bicyclic) bond motifs is 1. The van der Waals surface area contributed by atoms with Crippen molar-refractivity contribution in [2.75, 3.05) is 32.3 Å². The Morgan fingerprint density at radius 2 is 2.05 bits per heavy atom. The van der Waals surface area contributed by atoms with Gasteiger partial charge >= 0.3 is 0 Å². The number of ether oxygens (including phenoxy) is 1. The molecule has 0 radical (unpaired) electrons. The fourth-order valence-electron chi connectivity index (χ4n) is 3.30. The maximum absolute atomic E-state index is 13.4. The molecule has 1 aromatic carbocycles. The summed E-state index contributed by atoms with van der Waals surface area (Å²) < 4.78 is 18.6. The van der Waals surface area contributed by atoms with Gasteiger partial charge in [0.25, 0.3) is 5.97 Å². The van der Waals surface area contributed by atoms with E-state index >= 15 is 0 Å². The van der Waals surface area contributed by atoms with E-state index < -0.39 is 5.97 Å². The number of aliphatic hydroxyl groups is 1. The Bertz CT molecular complexity index is 1070. The Morgan fingerprint density at radius 1 is 1.41 bits per heavy atom. The maximum atomic E-state index is 13.4. The van der Waals surface area contributed by atoms with Crippen LogP contribution in [-0.2, 0) is 16.0 Å². The first kappa shape index (κ1) is 32.6. The average molecular weight is 554 g/mol. The molecule has 37 heavy (non-hydrogen) atoms. The highest BCUT2D eigenvalue weighted by molar-refractivity contribution is 8.16. The zero-order chi connectivity index (χ0) is 28.0. The van der Waals surface area contributed by atoms with Gasteiger partial charge in [-0.2, -0.15) is 0 Å². The van der Waals surface area contributed by atoms with E-state index in [0.29, 0.717) is 6.61 Å². The molecule has 1 aliphatic rings. The van der Waals surface area contributed by atoms with E-state index in [2.05, 4.69) is 43.3 Å². The molecule has 1 aliphatic heterocycles. The van der Waals surface area contributed by atoms with Crippen LogP contribution in [0.15, 0.2) is 53.4 Å². The highest BCUT2D eigenvalue weighted by Gasteiger charge is 2.21. The lowest BCUT2D eigenvalue weighted by molar-refractivity contribution is -0.134. The van der Waals surface area contributed by atoms with Gasteiger partial charge in [-0.1, -0.05) is 26.8 Å². The number of aliphatic imine (C=N–C) groups is 1. The number of carboxylic acid groups (broad SMARTS) is 1. The minimum absolute atomic E-state index is 0.0179. The number of thioether (sulfide) groups is 2. The van der Waals surface area contributed by atoms with Gasteiger partial charge in [-0.15, -0.1) is 23.5 Å². The summed E-state index contributed by atoms with van der Waals surface area (Å²) in [5.74, 6) is 0.758. The van der Waals surface area contributed by atoms with Crippen LogP contribution in [0.2, 0.25) is 0 Å². The Hall–Kier alpha value is -2.43. The molecule has 0 aliphatic carbocycles. The normalized spacial score (nSPS) is 15.7. The monoisotopic (exact) mass is 553 g/mol. The lowest BCUT2D eigenvalue weighted by Gasteiger charge is -2.28. The Labute approximate surface area is 228 Å². The van der Waals surface area contributed by atoms with Gasteiger partial charge in [0.15, 0.2) is 0 Å². The second kappa shape index (κ2) is 17.1. The third kappa shape index (κ3) is 12.6. The van der Waals surface area contributed by atoms with Crippen molar-refractivity contribution in [3.05, 3.63) is 59.9 Å². The second-order valence-electron chi connectivity index (χ2n) is 8.53. The van der Waals surface area contributed by atoms with Gasteiger partial charge in [-0.05, 0) is 36.6 Å². The molecule has 3 N–H and O–H groups in total. The van der Waals surface area contributed by atoms with Crippen LogP contribution in [0.3, 0.4) is 0 Å². The molecule has 2 unspecified atom stereocenters. The quantitative estimate of drug-likeness (QED) is 0.176. The predicted molar refractivity (Wildman–Crippen MR) is 156 cm³/mol. The second-order valence-corrected chi connectivity index (χ2v) is 10.9. The van der Waals surface area contributed by atoms with Crippen molar-refractivity contribution in [3.63, 3.8) is 0 Å². The summed E-state index contributed by atoms with van der Waals surface area (Å²) in [6, 6.07) is 7.13. The van der Waals surface area contributed by atoms with Gasteiger partial charge in [0.2, 0.25) is 0 Å². The summed E-state index contributed by atoms with van der Waals surface area (Å²) in [6.45, 7) is 11.4. The number of likely N-dealkylation sites (N-methyl/N-ethyl adjacent to an activating group) is 1. The largest absolute Gasteiger partial charge is 0.509 e. The minimum atomic E-state index is -0.833. The maximum Gasteiger partial charge on any atom is 0.300 e. The van der Waals surface area contributed by atoms with Gasteiger partial charge in [-0.3, -0.25) is 9.79 Å². The number of aromatic nitrogens is 1. The predicted octanol–water partition coefficient (Wildman–Crippen LogP) is 6.48. The smallest absolute Gasteiger partial charge is 0.300 e. The van der Waals surface area contributed by atoms with E-state index in [1.165, 1.54) is 18.6 Å². The molecule has 2 heterocycles. The first-order valence-corrected chi connectivity index (χ1v) is 14.1. The minimum Gasteiger partial charge on any atom is -0.509 e. The van der Waals surface area contributed by atoms with Crippen molar-refractivity contribution in [3.8, 4) is 0 Å². The molecule has 3 rings (SSSR count). The number of aliphatic hydroxyl groups excluding tert-OH is 1. The highest BCUT2D eigenvalue weighted by atomic mass is 32.2. The first-order valence-electron chi connectivity index (χ1n) is 12.1. The molecule has 0 spiro atoms. The van der Waals surface area contributed by atoms with Crippen LogP contribution < -0.4 is 0 Å². The molecular weight excluding hydrogens is 513 g/mol. The first-order chi connectivity index (χ1) is 17.5. The lowest BCUT2D eigenvalue weighted by atomic mass is 10.2. The SMILES string of the molecule is C=C(O)/C=C(/COC)N(C)C(C)SCC1=NC(Cc2cc3ccc(F)cc3[nH]2)CS1.CC(=O)O.CCC. The van der Waals surface area contributed by atoms with Crippen molar-refractivity contribution < 1.29 is 24.1 Å². The van der Waals surface area contributed by atoms with Crippen LogP contribution in [0.4, 0.5) is 4.39 Å². The summed E-state index contributed by atoms with van der Waals surface area (Å²) in [7, 11) is 3.61. The van der Waals surface area contributed by atoms with Gasteiger partial charge in [0.05, 0.1) is 23.1 Å².